The topological polar surface area (TPSA) is 81.2 Å². The number of halogens is 3. The number of alkyl halides is 3. The third-order valence-corrected chi connectivity index (χ3v) is 6.16. The SMILES string of the molecule is CC(=O)N1C=C(c2ccccc2)N(N(C(C)=O)C(Cc2ccccc2)C(O)C(F)(F)F)C(=O)[C@@H]1C(C)C. The number of carbonyl (C=O) groups excluding carboxylic acids is 3. The first-order valence-electron chi connectivity index (χ1n) is 11.8. The molecule has 0 spiro atoms. The van der Waals surface area contributed by atoms with Crippen LogP contribution in [0.1, 0.15) is 38.8 Å². The lowest BCUT2D eigenvalue weighted by Gasteiger charge is -2.48. The number of nitrogens with zero attached hydrogens (tertiary/aromatic N) is 3. The smallest absolute Gasteiger partial charge is 0.382 e. The number of hydrogen-bond donors (Lipinski definition) is 1. The maximum absolute atomic E-state index is 14.0. The highest BCUT2D eigenvalue weighted by Gasteiger charge is 2.51. The molecular formula is C27H30F3N3O4. The Morgan fingerprint density at radius 1 is 1.00 bits per heavy atom. The Morgan fingerprint density at radius 3 is 2.00 bits per heavy atom. The molecule has 37 heavy (non-hydrogen) atoms. The number of amides is 3. The molecule has 2 aromatic carbocycles. The molecule has 1 N–H and O–H groups in total. The van der Waals surface area contributed by atoms with Gasteiger partial charge in [0.05, 0.1) is 11.7 Å². The van der Waals surface area contributed by atoms with Gasteiger partial charge in [0, 0.05) is 25.6 Å². The van der Waals surface area contributed by atoms with Crippen molar-refractivity contribution in [3.8, 4) is 0 Å². The van der Waals surface area contributed by atoms with Crippen molar-refractivity contribution < 1.29 is 32.7 Å². The Hall–Kier alpha value is -3.66. The van der Waals surface area contributed by atoms with Crippen LogP contribution in [0.3, 0.4) is 0 Å². The number of aliphatic hydroxyl groups is 1. The van der Waals surface area contributed by atoms with E-state index in [1.54, 1.807) is 74.5 Å². The van der Waals surface area contributed by atoms with Gasteiger partial charge in [-0.3, -0.25) is 14.4 Å². The van der Waals surface area contributed by atoms with E-state index >= 15 is 0 Å². The predicted molar refractivity (Wildman–Crippen MR) is 131 cm³/mol. The maximum Gasteiger partial charge on any atom is 0.416 e. The maximum atomic E-state index is 14.0. The molecule has 0 aromatic heterocycles. The monoisotopic (exact) mass is 517 g/mol. The van der Waals surface area contributed by atoms with Crippen LogP contribution < -0.4 is 0 Å². The third kappa shape index (κ3) is 6.02. The molecule has 3 amide bonds. The second-order valence-electron chi connectivity index (χ2n) is 9.25. The van der Waals surface area contributed by atoms with E-state index in [0.717, 1.165) is 11.9 Å². The summed E-state index contributed by atoms with van der Waals surface area (Å²) in [5, 5.41) is 12.0. The zero-order chi connectivity index (χ0) is 27.5. The van der Waals surface area contributed by atoms with Gasteiger partial charge in [-0.25, -0.2) is 10.0 Å². The summed E-state index contributed by atoms with van der Waals surface area (Å²) in [7, 11) is 0. The van der Waals surface area contributed by atoms with Crippen LogP contribution in [-0.2, 0) is 20.8 Å². The van der Waals surface area contributed by atoms with Gasteiger partial charge < -0.3 is 10.0 Å². The lowest BCUT2D eigenvalue weighted by Crippen LogP contribution is -2.65. The second-order valence-corrected chi connectivity index (χ2v) is 9.25. The van der Waals surface area contributed by atoms with Gasteiger partial charge in [-0.2, -0.15) is 13.2 Å². The summed E-state index contributed by atoms with van der Waals surface area (Å²) in [6.45, 7) is 5.72. The van der Waals surface area contributed by atoms with E-state index in [4.69, 9.17) is 0 Å². The van der Waals surface area contributed by atoms with Gasteiger partial charge in [-0.1, -0.05) is 74.5 Å². The average molecular weight is 518 g/mol. The molecule has 0 saturated heterocycles. The van der Waals surface area contributed by atoms with Gasteiger partial charge in [-0.15, -0.1) is 0 Å². The first-order valence-corrected chi connectivity index (χ1v) is 11.8. The van der Waals surface area contributed by atoms with Crippen molar-refractivity contribution in [2.24, 2.45) is 5.92 Å². The average Bonchev–Trinajstić information content (AvgIpc) is 2.83. The number of rotatable bonds is 7. The highest BCUT2D eigenvalue weighted by Crippen LogP contribution is 2.35. The Bertz CT molecular complexity index is 1150. The molecular weight excluding hydrogens is 487 g/mol. The van der Waals surface area contributed by atoms with Crippen LogP contribution in [0.25, 0.3) is 5.70 Å². The highest BCUT2D eigenvalue weighted by atomic mass is 19.4. The molecule has 10 heteroatoms. The summed E-state index contributed by atoms with van der Waals surface area (Å²) in [4.78, 5) is 40.8. The Kier molecular flexibility index (Phi) is 8.42. The molecule has 0 aliphatic carbocycles. The zero-order valence-electron chi connectivity index (χ0n) is 21.0. The minimum Gasteiger partial charge on any atom is -0.382 e. The van der Waals surface area contributed by atoms with Gasteiger partial charge in [0.1, 0.15) is 6.04 Å². The molecule has 2 unspecified atom stereocenters. The van der Waals surface area contributed by atoms with E-state index in [1.165, 1.54) is 18.0 Å². The lowest BCUT2D eigenvalue weighted by atomic mass is 9.96. The number of hydrazine groups is 1. The molecule has 3 atom stereocenters. The first-order chi connectivity index (χ1) is 17.3. The molecule has 0 saturated carbocycles. The summed E-state index contributed by atoms with van der Waals surface area (Å²) < 4.78 is 41.8. The second kappa shape index (κ2) is 11.2. The number of carbonyl (C=O) groups is 3. The molecule has 7 nitrogen and oxygen atoms in total. The molecule has 0 bridgehead atoms. The molecule has 3 rings (SSSR count). The molecule has 198 valence electrons. The van der Waals surface area contributed by atoms with Gasteiger partial charge in [0.2, 0.25) is 11.8 Å². The van der Waals surface area contributed by atoms with Crippen molar-refractivity contribution >= 4 is 23.4 Å². The van der Waals surface area contributed by atoms with E-state index in [9.17, 15) is 32.7 Å². The molecule has 0 radical (unpaired) electrons. The molecule has 1 aliphatic heterocycles. The van der Waals surface area contributed by atoms with Crippen LogP contribution >= 0.6 is 0 Å². The Balaban J connectivity index is 2.26. The van der Waals surface area contributed by atoms with Crippen LogP contribution in [0.4, 0.5) is 13.2 Å². The largest absolute Gasteiger partial charge is 0.416 e. The van der Waals surface area contributed by atoms with Crippen LogP contribution in [0.15, 0.2) is 66.9 Å². The van der Waals surface area contributed by atoms with Crippen LogP contribution in [0.5, 0.6) is 0 Å². The zero-order valence-corrected chi connectivity index (χ0v) is 21.0. The van der Waals surface area contributed by atoms with Gasteiger partial charge in [-0.05, 0) is 17.9 Å². The van der Waals surface area contributed by atoms with Crippen LogP contribution in [0.2, 0.25) is 0 Å². The van der Waals surface area contributed by atoms with E-state index in [0.29, 0.717) is 16.1 Å². The number of hydrogen-bond acceptors (Lipinski definition) is 4. The summed E-state index contributed by atoms with van der Waals surface area (Å²) in [5.74, 6) is -2.50. The first kappa shape index (κ1) is 27.9. The van der Waals surface area contributed by atoms with Crippen molar-refractivity contribution in [2.75, 3.05) is 0 Å². The minimum atomic E-state index is -5.08. The number of benzene rings is 2. The van der Waals surface area contributed by atoms with E-state index in [-0.39, 0.29) is 12.1 Å². The summed E-state index contributed by atoms with van der Waals surface area (Å²) in [6.07, 6.45) is -7.04. The molecule has 2 aromatic rings. The standard InChI is InChI=1S/C27H30F3N3O4/c1-17(2)24-26(37)33(23(16-31(24)18(3)34)21-13-9-6-10-14-21)32(19(4)35)22(25(36)27(28,29)30)15-20-11-7-5-8-12-20/h5-14,16-17,22,24-25,36H,15H2,1-4H3/t22?,24-,25?/m0/s1. The van der Waals surface area contributed by atoms with Crippen molar-refractivity contribution in [3.63, 3.8) is 0 Å². The van der Waals surface area contributed by atoms with E-state index < -0.39 is 48.0 Å². The fourth-order valence-electron chi connectivity index (χ4n) is 4.48. The molecule has 0 fully saturated rings. The normalized spacial score (nSPS) is 17.9. The summed E-state index contributed by atoms with van der Waals surface area (Å²) >= 11 is 0. The van der Waals surface area contributed by atoms with Crippen molar-refractivity contribution in [2.45, 2.75) is 58.5 Å². The van der Waals surface area contributed by atoms with Gasteiger partial charge in [0.25, 0.3) is 5.91 Å². The molecule has 1 heterocycles. The van der Waals surface area contributed by atoms with Gasteiger partial charge >= 0.3 is 6.18 Å². The Labute approximate surface area is 213 Å². The highest BCUT2D eigenvalue weighted by molar-refractivity contribution is 5.98. The fraction of sp³-hybridized carbons (Fsp3) is 0.370. The number of aliphatic hydroxyl groups excluding tert-OH is 1. The van der Waals surface area contributed by atoms with Crippen molar-refractivity contribution in [3.05, 3.63) is 78.0 Å². The van der Waals surface area contributed by atoms with Crippen molar-refractivity contribution in [1.82, 2.24) is 14.9 Å². The molecule has 1 aliphatic rings. The lowest BCUT2D eigenvalue weighted by molar-refractivity contribution is -0.232. The van der Waals surface area contributed by atoms with E-state index in [2.05, 4.69) is 0 Å². The fourth-order valence-corrected chi connectivity index (χ4v) is 4.48. The van der Waals surface area contributed by atoms with Crippen LogP contribution in [-0.4, -0.2) is 62.1 Å². The van der Waals surface area contributed by atoms with Crippen molar-refractivity contribution in [1.29, 1.82) is 0 Å². The van der Waals surface area contributed by atoms with E-state index in [1.807, 2.05) is 0 Å². The van der Waals surface area contributed by atoms with Gasteiger partial charge in [0.15, 0.2) is 6.10 Å². The predicted octanol–water partition coefficient (Wildman–Crippen LogP) is 4.00. The summed E-state index contributed by atoms with van der Waals surface area (Å²) in [5.41, 5.74) is 0.873. The Morgan fingerprint density at radius 2 is 1.54 bits per heavy atom. The van der Waals surface area contributed by atoms with Crippen LogP contribution in [0, 0.1) is 5.92 Å². The minimum absolute atomic E-state index is 0.0420. The third-order valence-electron chi connectivity index (χ3n) is 6.16. The quantitative estimate of drug-likeness (QED) is 0.602. The summed E-state index contributed by atoms with van der Waals surface area (Å²) in [6, 6.07) is 13.4.